The standard InChI is InChI=1S/C32H42F4N6O2/c1-7-28(43)41-8-9-42(20(4)15-41)30-26-11-18(2)24(25-13-22(37-5)10-19(3)29(25)32(34,35)36)14-27(26)38-31(39-30)44-17-23-12-21(33)16-40(23)6/h7,10,13,18,20-21,23-24,37H,1,8-9,11-12,14-17H2,2-6H3/t18-,20+,21-,23+,24-/m1/s1. The van der Waals surface area contributed by atoms with Crippen molar-refractivity contribution in [3.8, 4) is 6.01 Å². The number of hydrogen-bond donors (Lipinski definition) is 1. The Bertz CT molecular complexity index is 1400. The Hall–Kier alpha value is -3.41. The Morgan fingerprint density at radius 1 is 1.18 bits per heavy atom. The van der Waals surface area contributed by atoms with Crippen LogP contribution in [0.3, 0.4) is 0 Å². The molecular formula is C32H42F4N6O2. The Morgan fingerprint density at radius 3 is 2.55 bits per heavy atom. The van der Waals surface area contributed by atoms with Crippen molar-refractivity contribution in [3.05, 3.63) is 52.7 Å². The van der Waals surface area contributed by atoms with Gasteiger partial charge in [-0.25, -0.2) is 4.39 Å². The first-order chi connectivity index (χ1) is 20.8. The minimum Gasteiger partial charge on any atom is -0.462 e. The Labute approximate surface area is 256 Å². The summed E-state index contributed by atoms with van der Waals surface area (Å²) in [5.41, 5.74) is 2.03. The molecular weight excluding hydrogens is 576 g/mol. The van der Waals surface area contributed by atoms with E-state index in [0.717, 1.165) is 5.56 Å². The van der Waals surface area contributed by atoms with Crippen LogP contribution in [0.4, 0.5) is 29.1 Å². The minimum absolute atomic E-state index is 0.0763. The van der Waals surface area contributed by atoms with Gasteiger partial charge in [0, 0.05) is 56.6 Å². The molecule has 2 fully saturated rings. The molecule has 3 heterocycles. The van der Waals surface area contributed by atoms with Gasteiger partial charge in [-0.3, -0.25) is 9.69 Å². The SMILES string of the molecule is C=CC(=O)N1CCN(c2nc(OC[C@@H]3C[C@@H](F)CN3C)nc3c2C[C@@H](C)[C@H](c2cc(NC)cc(C)c2C(F)(F)F)C3)[C@@H](C)C1. The van der Waals surface area contributed by atoms with Crippen LogP contribution in [0, 0.1) is 12.8 Å². The summed E-state index contributed by atoms with van der Waals surface area (Å²) < 4.78 is 63.4. The van der Waals surface area contributed by atoms with E-state index in [1.54, 1.807) is 18.0 Å². The van der Waals surface area contributed by atoms with E-state index in [9.17, 15) is 22.4 Å². The summed E-state index contributed by atoms with van der Waals surface area (Å²) in [5, 5.41) is 3.01. The Balaban J connectivity index is 1.54. The molecule has 0 spiro atoms. The maximum Gasteiger partial charge on any atom is 0.416 e. The highest BCUT2D eigenvalue weighted by molar-refractivity contribution is 5.87. The van der Waals surface area contributed by atoms with Crippen molar-refractivity contribution in [1.29, 1.82) is 0 Å². The van der Waals surface area contributed by atoms with Gasteiger partial charge in [0.25, 0.3) is 0 Å². The number of fused-ring (bicyclic) bond motifs is 1. The lowest BCUT2D eigenvalue weighted by Gasteiger charge is -2.42. The molecule has 1 N–H and O–H groups in total. The maximum absolute atomic E-state index is 14.4. The van der Waals surface area contributed by atoms with Gasteiger partial charge in [-0.1, -0.05) is 13.5 Å². The number of piperazine rings is 1. The first-order valence-corrected chi connectivity index (χ1v) is 15.2. The molecule has 1 amide bonds. The van der Waals surface area contributed by atoms with Crippen LogP contribution in [-0.4, -0.2) is 90.8 Å². The zero-order valence-corrected chi connectivity index (χ0v) is 26.0. The zero-order valence-electron chi connectivity index (χ0n) is 26.0. The van der Waals surface area contributed by atoms with Crippen molar-refractivity contribution in [2.75, 3.05) is 57.1 Å². The number of carbonyl (C=O) groups excluding carboxylic acids is 1. The third-order valence-electron chi connectivity index (χ3n) is 9.44. The monoisotopic (exact) mass is 618 g/mol. The van der Waals surface area contributed by atoms with E-state index < -0.39 is 23.8 Å². The van der Waals surface area contributed by atoms with Crippen molar-refractivity contribution in [2.45, 2.75) is 70.4 Å². The number of benzene rings is 1. The van der Waals surface area contributed by atoms with Crippen molar-refractivity contribution >= 4 is 17.4 Å². The molecule has 5 atom stereocenters. The number of likely N-dealkylation sites (tertiary alicyclic amines) is 1. The third-order valence-corrected chi connectivity index (χ3v) is 9.44. The summed E-state index contributed by atoms with van der Waals surface area (Å²) in [6, 6.07) is 3.07. The number of likely N-dealkylation sites (N-methyl/N-ethyl adjacent to an activating group) is 1. The molecule has 0 radical (unpaired) electrons. The third kappa shape index (κ3) is 6.36. The molecule has 0 saturated carbocycles. The number of anilines is 2. The predicted molar refractivity (Wildman–Crippen MR) is 162 cm³/mol. The topological polar surface area (TPSA) is 73.8 Å². The van der Waals surface area contributed by atoms with E-state index in [0.29, 0.717) is 56.2 Å². The molecule has 12 heteroatoms. The van der Waals surface area contributed by atoms with Crippen molar-refractivity contribution < 1.29 is 27.1 Å². The molecule has 3 aliphatic rings. The number of aromatic nitrogens is 2. The average molecular weight is 619 g/mol. The van der Waals surface area contributed by atoms with E-state index in [1.807, 2.05) is 25.8 Å². The summed E-state index contributed by atoms with van der Waals surface area (Å²) in [5.74, 6) is -0.00720. The van der Waals surface area contributed by atoms with Crippen molar-refractivity contribution in [1.82, 2.24) is 19.8 Å². The summed E-state index contributed by atoms with van der Waals surface area (Å²) in [6.45, 7) is 11.1. The highest BCUT2D eigenvalue weighted by Crippen LogP contribution is 2.46. The predicted octanol–water partition coefficient (Wildman–Crippen LogP) is 5.01. The second-order valence-corrected chi connectivity index (χ2v) is 12.5. The van der Waals surface area contributed by atoms with Gasteiger partial charge in [0.05, 0.1) is 11.3 Å². The number of hydrogen-bond acceptors (Lipinski definition) is 7. The van der Waals surface area contributed by atoms with Gasteiger partial charge < -0.3 is 19.9 Å². The summed E-state index contributed by atoms with van der Waals surface area (Å²) in [6.07, 6.45) is -2.99. The summed E-state index contributed by atoms with van der Waals surface area (Å²) in [7, 11) is 3.55. The molecule has 2 aromatic rings. The number of ether oxygens (including phenoxy) is 1. The molecule has 1 aliphatic carbocycles. The van der Waals surface area contributed by atoms with Crippen LogP contribution in [0.25, 0.3) is 0 Å². The lowest BCUT2D eigenvalue weighted by molar-refractivity contribution is -0.139. The van der Waals surface area contributed by atoms with Gasteiger partial charge in [-0.2, -0.15) is 23.1 Å². The Morgan fingerprint density at radius 2 is 1.93 bits per heavy atom. The molecule has 0 unspecified atom stereocenters. The quantitative estimate of drug-likeness (QED) is 0.346. The second-order valence-electron chi connectivity index (χ2n) is 12.5. The van der Waals surface area contributed by atoms with Gasteiger partial charge in [-0.05, 0) is 81.3 Å². The zero-order chi connectivity index (χ0) is 31.9. The average Bonchev–Trinajstić information content (AvgIpc) is 3.30. The Kier molecular flexibility index (Phi) is 9.11. The van der Waals surface area contributed by atoms with E-state index in [1.165, 1.54) is 19.1 Å². The molecule has 8 nitrogen and oxygen atoms in total. The fourth-order valence-corrected chi connectivity index (χ4v) is 7.08. The lowest BCUT2D eigenvalue weighted by atomic mass is 9.73. The molecule has 240 valence electrons. The van der Waals surface area contributed by atoms with Crippen LogP contribution in [0.15, 0.2) is 24.8 Å². The molecule has 1 aromatic carbocycles. The highest BCUT2D eigenvalue weighted by Gasteiger charge is 2.41. The van der Waals surface area contributed by atoms with Gasteiger partial charge >= 0.3 is 12.2 Å². The smallest absolute Gasteiger partial charge is 0.416 e. The summed E-state index contributed by atoms with van der Waals surface area (Å²) >= 11 is 0. The van der Waals surface area contributed by atoms with E-state index in [-0.39, 0.29) is 54.1 Å². The van der Waals surface area contributed by atoms with Gasteiger partial charge in [0.15, 0.2) is 0 Å². The fraction of sp³-hybridized carbons (Fsp3) is 0.594. The number of carbonyl (C=O) groups is 1. The molecule has 44 heavy (non-hydrogen) atoms. The normalized spacial score (nSPS) is 26.0. The minimum atomic E-state index is -4.50. The number of aryl methyl sites for hydroxylation is 1. The lowest BCUT2D eigenvalue weighted by Crippen LogP contribution is -2.54. The van der Waals surface area contributed by atoms with Crippen LogP contribution in [0.2, 0.25) is 0 Å². The first-order valence-electron chi connectivity index (χ1n) is 15.2. The number of amides is 1. The largest absolute Gasteiger partial charge is 0.462 e. The van der Waals surface area contributed by atoms with Crippen LogP contribution >= 0.6 is 0 Å². The van der Waals surface area contributed by atoms with Crippen molar-refractivity contribution in [2.24, 2.45) is 5.92 Å². The molecule has 2 aliphatic heterocycles. The number of nitrogens with zero attached hydrogens (tertiary/aromatic N) is 5. The van der Waals surface area contributed by atoms with Gasteiger partial charge in [-0.15, -0.1) is 0 Å². The molecule has 2 saturated heterocycles. The maximum atomic E-state index is 14.4. The van der Waals surface area contributed by atoms with Crippen LogP contribution < -0.4 is 15.0 Å². The molecule has 0 bridgehead atoms. The molecule has 5 rings (SSSR count). The van der Waals surface area contributed by atoms with Gasteiger partial charge in [0.1, 0.15) is 18.6 Å². The van der Waals surface area contributed by atoms with Crippen LogP contribution in [0.5, 0.6) is 6.01 Å². The second kappa shape index (κ2) is 12.5. The van der Waals surface area contributed by atoms with Crippen LogP contribution in [0.1, 0.15) is 54.1 Å². The van der Waals surface area contributed by atoms with E-state index >= 15 is 0 Å². The molecule has 1 aromatic heterocycles. The summed E-state index contributed by atoms with van der Waals surface area (Å²) in [4.78, 5) is 27.7. The number of alkyl halides is 4. The van der Waals surface area contributed by atoms with Crippen LogP contribution in [-0.2, 0) is 23.8 Å². The highest BCUT2D eigenvalue weighted by atomic mass is 19.4. The van der Waals surface area contributed by atoms with Crippen molar-refractivity contribution in [3.63, 3.8) is 0 Å². The van der Waals surface area contributed by atoms with E-state index in [4.69, 9.17) is 14.7 Å². The number of rotatable bonds is 7. The number of nitrogens with one attached hydrogen (secondary N) is 1. The first kappa shape index (κ1) is 32.0. The number of halogens is 4. The fourth-order valence-electron chi connectivity index (χ4n) is 7.08. The van der Waals surface area contributed by atoms with E-state index in [2.05, 4.69) is 16.8 Å². The van der Waals surface area contributed by atoms with Gasteiger partial charge in [0.2, 0.25) is 5.91 Å².